The average molecular weight is 276 g/mol. The molecule has 4 nitrogen and oxygen atoms in total. The number of hydrogen-bond donors (Lipinski definition) is 1. The lowest BCUT2D eigenvalue weighted by atomic mass is 10.3. The maximum absolute atomic E-state index is 4.47. The van der Waals surface area contributed by atoms with Crippen molar-refractivity contribution in [3.63, 3.8) is 0 Å². The van der Waals surface area contributed by atoms with Crippen LogP contribution in [0.3, 0.4) is 0 Å². The maximum atomic E-state index is 4.47. The second-order valence-electron chi connectivity index (χ2n) is 4.32. The first-order valence-electron chi connectivity index (χ1n) is 6.59. The number of anilines is 2. The summed E-state index contributed by atoms with van der Waals surface area (Å²) < 4.78 is 0. The molecule has 0 unspecified atom stereocenters. The van der Waals surface area contributed by atoms with Crippen molar-refractivity contribution in [3.05, 3.63) is 35.1 Å². The molecule has 0 spiro atoms. The molecule has 0 atom stereocenters. The molecule has 0 saturated heterocycles. The SMILES string of the molecule is CCN(CC)c1ncc(CNc2ccc(C)nc2)s1. The summed E-state index contributed by atoms with van der Waals surface area (Å²) >= 11 is 1.74. The fourth-order valence-electron chi connectivity index (χ4n) is 1.78. The summed E-state index contributed by atoms with van der Waals surface area (Å²) in [7, 11) is 0. The highest BCUT2D eigenvalue weighted by Crippen LogP contribution is 2.22. The van der Waals surface area contributed by atoms with Crippen LogP contribution in [-0.2, 0) is 6.54 Å². The zero-order valence-corrected chi connectivity index (χ0v) is 12.5. The number of rotatable bonds is 6. The second-order valence-corrected chi connectivity index (χ2v) is 5.42. The lowest BCUT2D eigenvalue weighted by Crippen LogP contribution is -2.21. The van der Waals surface area contributed by atoms with E-state index >= 15 is 0 Å². The second kappa shape index (κ2) is 6.52. The predicted molar refractivity (Wildman–Crippen MR) is 82.0 cm³/mol. The molecule has 0 aliphatic carbocycles. The minimum absolute atomic E-state index is 0.795. The van der Waals surface area contributed by atoms with Gasteiger partial charge < -0.3 is 10.2 Å². The van der Waals surface area contributed by atoms with Crippen LogP contribution in [0.25, 0.3) is 0 Å². The highest BCUT2D eigenvalue weighted by molar-refractivity contribution is 7.15. The molecule has 0 aliphatic rings. The summed E-state index contributed by atoms with van der Waals surface area (Å²) in [5, 5.41) is 4.47. The zero-order valence-electron chi connectivity index (χ0n) is 11.7. The quantitative estimate of drug-likeness (QED) is 0.879. The monoisotopic (exact) mass is 276 g/mol. The van der Waals surface area contributed by atoms with E-state index in [-0.39, 0.29) is 0 Å². The fourth-order valence-corrected chi connectivity index (χ4v) is 2.76. The van der Waals surface area contributed by atoms with Gasteiger partial charge in [0.1, 0.15) is 0 Å². The van der Waals surface area contributed by atoms with Gasteiger partial charge in [-0.15, -0.1) is 11.3 Å². The number of aryl methyl sites for hydroxylation is 1. The first-order valence-corrected chi connectivity index (χ1v) is 7.40. The highest BCUT2D eigenvalue weighted by atomic mass is 32.1. The molecule has 102 valence electrons. The molecule has 2 aromatic rings. The molecule has 0 aliphatic heterocycles. The van der Waals surface area contributed by atoms with Crippen LogP contribution in [0, 0.1) is 6.92 Å². The lowest BCUT2D eigenvalue weighted by Gasteiger charge is -2.16. The van der Waals surface area contributed by atoms with Gasteiger partial charge >= 0.3 is 0 Å². The van der Waals surface area contributed by atoms with E-state index in [1.807, 2.05) is 25.4 Å². The van der Waals surface area contributed by atoms with Crippen LogP contribution < -0.4 is 10.2 Å². The lowest BCUT2D eigenvalue weighted by molar-refractivity contribution is 0.860. The van der Waals surface area contributed by atoms with E-state index in [1.165, 1.54) is 4.88 Å². The van der Waals surface area contributed by atoms with Gasteiger partial charge in [-0.25, -0.2) is 4.98 Å². The summed E-state index contributed by atoms with van der Waals surface area (Å²) in [5.74, 6) is 0. The minimum atomic E-state index is 0.795. The van der Waals surface area contributed by atoms with Crippen molar-refractivity contribution in [3.8, 4) is 0 Å². The molecule has 0 radical (unpaired) electrons. The molecule has 0 amide bonds. The van der Waals surface area contributed by atoms with E-state index in [0.717, 1.165) is 36.1 Å². The molecule has 0 aromatic carbocycles. The Labute approximate surface area is 118 Å². The van der Waals surface area contributed by atoms with Crippen LogP contribution in [0.1, 0.15) is 24.4 Å². The molecule has 2 aromatic heterocycles. The predicted octanol–water partition coefficient (Wildman–Crippen LogP) is 3.30. The van der Waals surface area contributed by atoms with Crippen molar-refractivity contribution in [2.24, 2.45) is 0 Å². The van der Waals surface area contributed by atoms with Gasteiger partial charge in [0.05, 0.1) is 18.4 Å². The van der Waals surface area contributed by atoms with Gasteiger partial charge in [-0.05, 0) is 32.9 Å². The van der Waals surface area contributed by atoms with E-state index in [9.17, 15) is 0 Å². The Morgan fingerprint density at radius 2 is 1.95 bits per heavy atom. The van der Waals surface area contributed by atoms with Gasteiger partial charge in [-0.3, -0.25) is 4.98 Å². The minimum Gasteiger partial charge on any atom is -0.379 e. The van der Waals surface area contributed by atoms with Gasteiger partial charge in [-0.1, -0.05) is 0 Å². The van der Waals surface area contributed by atoms with E-state index in [4.69, 9.17) is 0 Å². The van der Waals surface area contributed by atoms with Crippen LogP contribution >= 0.6 is 11.3 Å². The number of nitrogens with zero attached hydrogens (tertiary/aromatic N) is 3. The van der Waals surface area contributed by atoms with Gasteiger partial charge in [-0.2, -0.15) is 0 Å². The molecule has 0 bridgehead atoms. The van der Waals surface area contributed by atoms with Crippen molar-refractivity contribution >= 4 is 22.2 Å². The molecule has 0 fully saturated rings. The summed E-state index contributed by atoms with van der Waals surface area (Å²) in [5.41, 5.74) is 2.08. The number of aromatic nitrogens is 2. The highest BCUT2D eigenvalue weighted by Gasteiger charge is 2.07. The first-order chi connectivity index (χ1) is 9.22. The van der Waals surface area contributed by atoms with Crippen LogP contribution in [0.15, 0.2) is 24.5 Å². The first kappa shape index (κ1) is 13.8. The Bertz CT molecular complexity index is 502. The Balaban J connectivity index is 1.95. The van der Waals surface area contributed by atoms with Crippen LogP contribution in [0.2, 0.25) is 0 Å². The number of hydrogen-bond acceptors (Lipinski definition) is 5. The topological polar surface area (TPSA) is 41.1 Å². The molecule has 2 heterocycles. The van der Waals surface area contributed by atoms with Crippen molar-refractivity contribution in [2.45, 2.75) is 27.3 Å². The van der Waals surface area contributed by atoms with Gasteiger partial charge in [0.15, 0.2) is 5.13 Å². The van der Waals surface area contributed by atoms with Crippen LogP contribution in [0.5, 0.6) is 0 Å². The third-order valence-electron chi connectivity index (χ3n) is 2.95. The summed E-state index contributed by atoms with van der Waals surface area (Å²) in [6.07, 6.45) is 3.81. The molecular weight excluding hydrogens is 256 g/mol. The van der Waals surface area contributed by atoms with Crippen molar-refractivity contribution in [1.29, 1.82) is 0 Å². The maximum Gasteiger partial charge on any atom is 0.185 e. The molecule has 5 heteroatoms. The largest absolute Gasteiger partial charge is 0.379 e. The normalized spacial score (nSPS) is 10.5. The Morgan fingerprint density at radius 3 is 2.58 bits per heavy atom. The number of thiazole rings is 1. The Hall–Kier alpha value is -1.62. The molecule has 0 saturated carbocycles. The van der Waals surface area contributed by atoms with E-state index < -0.39 is 0 Å². The summed E-state index contributed by atoms with van der Waals surface area (Å²) in [6.45, 7) is 9.09. The fraction of sp³-hybridized carbons (Fsp3) is 0.429. The van der Waals surface area contributed by atoms with Gasteiger partial charge in [0, 0.05) is 29.9 Å². The third-order valence-corrected chi connectivity index (χ3v) is 4.01. The van der Waals surface area contributed by atoms with Crippen molar-refractivity contribution in [2.75, 3.05) is 23.3 Å². The number of pyridine rings is 1. The van der Waals surface area contributed by atoms with Crippen LogP contribution in [-0.4, -0.2) is 23.1 Å². The van der Waals surface area contributed by atoms with Gasteiger partial charge in [0.2, 0.25) is 0 Å². The Kier molecular flexibility index (Phi) is 4.74. The zero-order chi connectivity index (χ0) is 13.7. The number of nitrogens with one attached hydrogen (secondary N) is 1. The molecule has 2 rings (SSSR count). The average Bonchev–Trinajstić information content (AvgIpc) is 2.88. The summed E-state index contributed by atoms with van der Waals surface area (Å²) in [6, 6.07) is 4.06. The van der Waals surface area contributed by atoms with Crippen LogP contribution in [0.4, 0.5) is 10.8 Å². The van der Waals surface area contributed by atoms with E-state index in [2.05, 4.69) is 40.1 Å². The smallest absolute Gasteiger partial charge is 0.185 e. The summed E-state index contributed by atoms with van der Waals surface area (Å²) in [4.78, 5) is 12.2. The van der Waals surface area contributed by atoms with Crippen molar-refractivity contribution in [1.82, 2.24) is 9.97 Å². The van der Waals surface area contributed by atoms with E-state index in [1.54, 1.807) is 11.3 Å². The molecular formula is C14H20N4S. The molecule has 19 heavy (non-hydrogen) atoms. The standard InChI is InChI=1S/C14H20N4S/c1-4-18(5-2)14-17-10-13(19-14)9-16-12-7-6-11(3)15-8-12/h6-8,10,16H,4-5,9H2,1-3H3. The van der Waals surface area contributed by atoms with E-state index in [0.29, 0.717) is 0 Å². The molecule has 1 N–H and O–H groups in total. The van der Waals surface area contributed by atoms with Gasteiger partial charge in [0.25, 0.3) is 0 Å². The Morgan fingerprint density at radius 1 is 1.16 bits per heavy atom. The third kappa shape index (κ3) is 3.67. The van der Waals surface area contributed by atoms with Crippen molar-refractivity contribution < 1.29 is 0 Å².